The summed E-state index contributed by atoms with van der Waals surface area (Å²) < 4.78 is 19.7. The molecule has 1 saturated heterocycles. The molecule has 0 amide bonds. The quantitative estimate of drug-likeness (QED) is 0.243. The largest absolute Gasteiger partial charge is 0.491 e. The number of nitrogens with zero attached hydrogens (tertiary/aromatic N) is 5. The first-order valence-electron chi connectivity index (χ1n) is 14.1. The summed E-state index contributed by atoms with van der Waals surface area (Å²) in [6.45, 7) is 11.1. The van der Waals surface area contributed by atoms with E-state index in [1.54, 1.807) is 17.5 Å². The highest BCUT2D eigenvalue weighted by Crippen LogP contribution is 2.28. The molecule has 1 fully saturated rings. The van der Waals surface area contributed by atoms with Crippen LogP contribution < -0.4 is 4.74 Å². The molecule has 1 aliphatic heterocycles. The molecule has 5 heterocycles. The van der Waals surface area contributed by atoms with Crippen molar-refractivity contribution in [2.45, 2.75) is 39.0 Å². The van der Waals surface area contributed by atoms with Gasteiger partial charge in [0.1, 0.15) is 29.6 Å². The first kappa shape index (κ1) is 28.1. The molecular formula is C32H33N5O4S. The van der Waals surface area contributed by atoms with E-state index in [2.05, 4.69) is 52.6 Å². The minimum absolute atomic E-state index is 0.0909. The third-order valence-corrected chi connectivity index (χ3v) is 8.05. The van der Waals surface area contributed by atoms with Gasteiger partial charge in [0.05, 0.1) is 36.2 Å². The van der Waals surface area contributed by atoms with E-state index >= 15 is 0 Å². The minimum Gasteiger partial charge on any atom is -0.491 e. The maximum absolute atomic E-state index is 12.6. The smallest absolute Gasteiger partial charge is 0.197 e. The summed E-state index contributed by atoms with van der Waals surface area (Å²) in [6.07, 6.45) is 4.27. The fourth-order valence-corrected chi connectivity index (χ4v) is 5.70. The van der Waals surface area contributed by atoms with Crippen molar-refractivity contribution < 1.29 is 18.8 Å². The van der Waals surface area contributed by atoms with E-state index in [1.165, 1.54) is 0 Å². The molecule has 0 aliphatic carbocycles. The zero-order valence-electron chi connectivity index (χ0n) is 24.1. The standard InChI is InChI=1S/C32H33N5O4S/c1-32(2,3)29-18-25(35-41-29)17-26(38)16-23-6-4-22(5-7-23)8-9-24-21-37-30-28(42-31(37)34-24)19-27(20-33-30)40-15-12-36-10-13-39-14-11-36/h4-7,18-21H,10-17H2,1-3H3. The number of rotatable bonds is 8. The van der Waals surface area contributed by atoms with Gasteiger partial charge in [-0.3, -0.25) is 14.1 Å². The molecular weight excluding hydrogens is 550 g/mol. The monoisotopic (exact) mass is 583 g/mol. The van der Waals surface area contributed by atoms with Crippen LogP contribution in [0.3, 0.4) is 0 Å². The van der Waals surface area contributed by atoms with Gasteiger partial charge in [0.2, 0.25) is 0 Å². The first-order valence-corrected chi connectivity index (χ1v) is 14.9. The van der Waals surface area contributed by atoms with Crippen LogP contribution in [-0.4, -0.2) is 69.7 Å². The van der Waals surface area contributed by atoms with E-state index < -0.39 is 0 Å². The summed E-state index contributed by atoms with van der Waals surface area (Å²) in [5, 5.41) is 4.05. The normalized spacial score (nSPS) is 14.3. The van der Waals surface area contributed by atoms with Gasteiger partial charge in [0, 0.05) is 55.4 Å². The first-order chi connectivity index (χ1) is 20.3. The Hall–Kier alpha value is -4.04. The number of benzene rings is 1. The van der Waals surface area contributed by atoms with Crippen LogP contribution in [0.15, 0.2) is 53.3 Å². The summed E-state index contributed by atoms with van der Waals surface area (Å²) in [5.41, 5.74) is 3.85. The van der Waals surface area contributed by atoms with Gasteiger partial charge in [-0.25, -0.2) is 9.97 Å². The molecule has 42 heavy (non-hydrogen) atoms. The highest BCUT2D eigenvalue weighted by atomic mass is 32.1. The number of ketones is 1. The minimum atomic E-state index is -0.134. The number of Topliss-reactive ketones (excluding diaryl/α,β-unsaturated/α-hetero) is 1. The average molecular weight is 584 g/mol. The molecule has 6 rings (SSSR count). The van der Waals surface area contributed by atoms with Gasteiger partial charge in [-0.15, -0.1) is 0 Å². The van der Waals surface area contributed by atoms with Gasteiger partial charge in [-0.05, 0) is 23.6 Å². The number of pyridine rings is 1. The van der Waals surface area contributed by atoms with Crippen LogP contribution in [0, 0.1) is 11.8 Å². The van der Waals surface area contributed by atoms with E-state index in [4.69, 9.17) is 14.0 Å². The lowest BCUT2D eigenvalue weighted by Crippen LogP contribution is -2.38. The number of thiazole rings is 1. The number of imidazole rings is 1. The average Bonchev–Trinajstić information content (AvgIpc) is 3.68. The zero-order valence-corrected chi connectivity index (χ0v) is 24.9. The van der Waals surface area contributed by atoms with Gasteiger partial charge in [-0.1, -0.05) is 55.3 Å². The van der Waals surface area contributed by atoms with Crippen LogP contribution >= 0.6 is 11.3 Å². The van der Waals surface area contributed by atoms with Crippen LogP contribution in [0.4, 0.5) is 0 Å². The molecule has 0 atom stereocenters. The summed E-state index contributed by atoms with van der Waals surface area (Å²) in [6, 6.07) is 11.6. The van der Waals surface area contributed by atoms with Crippen molar-refractivity contribution in [2.75, 3.05) is 39.5 Å². The Morgan fingerprint density at radius 3 is 2.67 bits per heavy atom. The molecule has 0 bridgehead atoms. The maximum Gasteiger partial charge on any atom is 0.197 e. The Labute approximate surface area is 248 Å². The zero-order chi connectivity index (χ0) is 29.1. The molecule has 0 spiro atoms. The van der Waals surface area contributed by atoms with Crippen molar-refractivity contribution in [1.82, 2.24) is 24.4 Å². The van der Waals surface area contributed by atoms with Crippen LogP contribution in [0.25, 0.3) is 15.3 Å². The summed E-state index contributed by atoms with van der Waals surface area (Å²) in [5.74, 6) is 7.96. The Kier molecular flexibility index (Phi) is 8.07. The predicted molar refractivity (Wildman–Crippen MR) is 161 cm³/mol. The van der Waals surface area contributed by atoms with E-state index in [9.17, 15) is 4.79 Å². The highest BCUT2D eigenvalue weighted by Gasteiger charge is 2.20. The summed E-state index contributed by atoms with van der Waals surface area (Å²) >= 11 is 1.56. The summed E-state index contributed by atoms with van der Waals surface area (Å²) in [4.78, 5) is 25.1. The fraction of sp³-hybridized carbons (Fsp3) is 0.375. The molecule has 0 saturated carbocycles. The van der Waals surface area contributed by atoms with Crippen LogP contribution in [0.1, 0.15) is 49.0 Å². The number of carbonyl (C=O) groups is 1. The van der Waals surface area contributed by atoms with Crippen molar-refractivity contribution in [3.63, 3.8) is 0 Å². The number of aromatic nitrogens is 4. The number of morpholine rings is 1. The van der Waals surface area contributed by atoms with Crippen molar-refractivity contribution in [3.8, 4) is 17.6 Å². The van der Waals surface area contributed by atoms with Crippen LogP contribution in [-0.2, 0) is 27.8 Å². The Morgan fingerprint density at radius 1 is 1.10 bits per heavy atom. The molecule has 4 aromatic heterocycles. The molecule has 9 nitrogen and oxygen atoms in total. The molecule has 1 aliphatic rings. The third kappa shape index (κ3) is 6.71. The highest BCUT2D eigenvalue weighted by molar-refractivity contribution is 7.23. The number of hydrogen-bond donors (Lipinski definition) is 0. The van der Waals surface area contributed by atoms with E-state index in [-0.39, 0.29) is 17.6 Å². The van der Waals surface area contributed by atoms with E-state index in [0.29, 0.717) is 24.4 Å². The lowest BCUT2D eigenvalue weighted by molar-refractivity contribution is -0.117. The van der Waals surface area contributed by atoms with Gasteiger partial charge >= 0.3 is 0 Å². The van der Waals surface area contributed by atoms with Gasteiger partial charge < -0.3 is 14.0 Å². The molecule has 5 aromatic rings. The fourth-order valence-electron chi connectivity index (χ4n) is 4.70. The van der Waals surface area contributed by atoms with Crippen molar-refractivity contribution in [1.29, 1.82) is 0 Å². The topological polar surface area (TPSA) is 95.0 Å². The Morgan fingerprint density at radius 2 is 1.90 bits per heavy atom. The van der Waals surface area contributed by atoms with Crippen molar-refractivity contribution in [3.05, 3.63) is 77.1 Å². The second-order valence-corrected chi connectivity index (χ2v) is 12.5. The van der Waals surface area contributed by atoms with Crippen molar-refractivity contribution >= 4 is 32.4 Å². The number of carbonyl (C=O) groups excluding carboxylic acids is 1. The molecule has 10 heteroatoms. The SMILES string of the molecule is CC(C)(C)c1cc(CC(=O)Cc2ccc(C#Cc3cn4c(n3)sc3cc(OCCN5CCOCC5)cnc34)cc2)no1. The molecule has 216 valence electrons. The second-order valence-electron chi connectivity index (χ2n) is 11.4. The summed E-state index contributed by atoms with van der Waals surface area (Å²) in [7, 11) is 0. The molecule has 0 N–H and O–H groups in total. The van der Waals surface area contributed by atoms with Gasteiger partial charge in [0.25, 0.3) is 0 Å². The predicted octanol–water partition coefficient (Wildman–Crippen LogP) is 4.69. The lowest BCUT2D eigenvalue weighted by Gasteiger charge is -2.26. The third-order valence-electron chi connectivity index (χ3n) is 7.06. The number of ether oxygens (including phenoxy) is 2. The van der Waals surface area contributed by atoms with Crippen LogP contribution in [0.2, 0.25) is 0 Å². The van der Waals surface area contributed by atoms with E-state index in [0.717, 1.165) is 70.8 Å². The van der Waals surface area contributed by atoms with Gasteiger partial charge in [-0.2, -0.15) is 0 Å². The number of fused-ring (bicyclic) bond motifs is 3. The lowest BCUT2D eigenvalue weighted by atomic mass is 9.93. The molecule has 0 radical (unpaired) electrons. The Balaban J connectivity index is 1.05. The number of hydrogen-bond acceptors (Lipinski definition) is 9. The van der Waals surface area contributed by atoms with E-state index in [1.807, 2.05) is 47.0 Å². The van der Waals surface area contributed by atoms with Crippen LogP contribution in [0.5, 0.6) is 5.75 Å². The molecule has 1 aromatic carbocycles. The Bertz CT molecular complexity index is 1760. The molecule has 0 unspecified atom stereocenters. The maximum atomic E-state index is 12.6. The van der Waals surface area contributed by atoms with Gasteiger partial charge in [0.15, 0.2) is 10.6 Å². The van der Waals surface area contributed by atoms with Crippen molar-refractivity contribution in [2.24, 2.45) is 0 Å². The second kappa shape index (κ2) is 12.1.